The van der Waals surface area contributed by atoms with Crippen molar-refractivity contribution in [3.63, 3.8) is 0 Å². The molecule has 0 aliphatic heterocycles. The topological polar surface area (TPSA) is 39.8 Å². The van der Waals surface area contributed by atoms with Crippen LogP contribution in [0, 0.1) is 0 Å². The smallest absolute Gasteiger partial charge is 0.166 e. The molecule has 0 spiro atoms. The summed E-state index contributed by atoms with van der Waals surface area (Å²) in [5.74, 6) is 0. The third-order valence-corrected chi connectivity index (χ3v) is 3.96. The number of aromatic amines is 1. The van der Waals surface area contributed by atoms with E-state index in [1.165, 1.54) is 42.1 Å². The van der Waals surface area contributed by atoms with Crippen molar-refractivity contribution in [3.05, 3.63) is 36.0 Å². The molecule has 1 aromatic heterocycles. The molecule has 0 unspecified atom stereocenters. The van der Waals surface area contributed by atoms with Gasteiger partial charge in [-0.15, -0.1) is 0 Å². The van der Waals surface area contributed by atoms with Crippen LogP contribution in [0.4, 0.5) is 0 Å². The van der Waals surface area contributed by atoms with Crippen molar-refractivity contribution >= 4 is 28.2 Å². The number of H-pyrrole nitrogens is 1. The first kappa shape index (κ1) is 15.8. The molecule has 3 N–H and O–H groups in total. The molecule has 4 heteroatoms. The number of unbranched alkanes of at least 4 members (excludes halogenated alkanes) is 3. The quantitative estimate of drug-likeness (QED) is 0.514. The Bertz CT molecular complexity index is 562. The molecule has 0 aliphatic rings. The molecule has 0 amide bonds. The molecule has 0 bridgehead atoms. The number of fused-ring (bicyclic) bond motifs is 1. The number of aromatic nitrogens is 1. The van der Waals surface area contributed by atoms with Gasteiger partial charge in [-0.05, 0) is 36.7 Å². The molecular formula is C17H25N3S. The minimum atomic E-state index is 0.770. The van der Waals surface area contributed by atoms with Crippen molar-refractivity contribution in [1.29, 1.82) is 0 Å². The lowest BCUT2D eigenvalue weighted by Crippen LogP contribution is -2.36. The molecule has 114 valence electrons. The van der Waals surface area contributed by atoms with Crippen molar-refractivity contribution < 1.29 is 0 Å². The third-order valence-electron chi connectivity index (χ3n) is 3.67. The first-order chi connectivity index (χ1) is 10.3. The Morgan fingerprint density at radius 2 is 1.90 bits per heavy atom. The van der Waals surface area contributed by atoms with Crippen LogP contribution in [0.3, 0.4) is 0 Å². The molecule has 0 fully saturated rings. The van der Waals surface area contributed by atoms with Gasteiger partial charge in [0.15, 0.2) is 5.11 Å². The molecule has 2 aromatic rings. The van der Waals surface area contributed by atoms with Gasteiger partial charge in [0.1, 0.15) is 0 Å². The average molecular weight is 303 g/mol. The van der Waals surface area contributed by atoms with E-state index in [-0.39, 0.29) is 0 Å². The summed E-state index contributed by atoms with van der Waals surface area (Å²) in [6.45, 7) is 4.06. The number of thiocarbonyl (C=S) groups is 1. The number of hydrogen-bond acceptors (Lipinski definition) is 1. The van der Waals surface area contributed by atoms with Crippen molar-refractivity contribution in [2.45, 2.75) is 39.0 Å². The number of hydrogen-bond donors (Lipinski definition) is 3. The highest BCUT2D eigenvalue weighted by Gasteiger charge is 2.02. The maximum atomic E-state index is 5.29. The molecule has 3 nitrogen and oxygen atoms in total. The van der Waals surface area contributed by atoms with E-state index >= 15 is 0 Å². The van der Waals surface area contributed by atoms with E-state index in [0.29, 0.717) is 0 Å². The second kappa shape index (κ2) is 8.67. The summed E-state index contributed by atoms with van der Waals surface area (Å²) >= 11 is 5.29. The van der Waals surface area contributed by atoms with Crippen molar-refractivity contribution in [3.8, 4) is 0 Å². The summed E-state index contributed by atoms with van der Waals surface area (Å²) in [4.78, 5) is 3.30. The van der Waals surface area contributed by atoms with Gasteiger partial charge >= 0.3 is 0 Å². The van der Waals surface area contributed by atoms with Gasteiger partial charge < -0.3 is 15.6 Å². The highest BCUT2D eigenvalue weighted by molar-refractivity contribution is 7.80. The average Bonchev–Trinajstić information content (AvgIpc) is 2.91. The fourth-order valence-corrected chi connectivity index (χ4v) is 2.67. The monoisotopic (exact) mass is 303 g/mol. The Morgan fingerprint density at radius 1 is 1.10 bits per heavy atom. The summed E-state index contributed by atoms with van der Waals surface area (Å²) in [7, 11) is 0. The minimum Gasteiger partial charge on any atom is -0.363 e. The van der Waals surface area contributed by atoms with E-state index in [2.05, 4.69) is 53.0 Å². The molecule has 1 aromatic carbocycles. The van der Waals surface area contributed by atoms with Crippen LogP contribution < -0.4 is 10.6 Å². The number of nitrogens with one attached hydrogen (secondary N) is 3. The van der Waals surface area contributed by atoms with Crippen LogP contribution in [-0.2, 0) is 6.42 Å². The van der Waals surface area contributed by atoms with E-state index in [1.807, 2.05) is 0 Å². The molecule has 1 heterocycles. The summed E-state index contributed by atoms with van der Waals surface area (Å²) in [5.41, 5.74) is 2.54. The third kappa shape index (κ3) is 5.05. The van der Waals surface area contributed by atoms with Crippen LogP contribution in [0.1, 0.15) is 38.2 Å². The van der Waals surface area contributed by atoms with Gasteiger partial charge in [-0.2, -0.15) is 0 Å². The molecule has 2 rings (SSSR count). The zero-order valence-corrected chi connectivity index (χ0v) is 13.6. The molecule has 0 saturated carbocycles. The molecule has 0 radical (unpaired) electrons. The Kier molecular flexibility index (Phi) is 6.54. The van der Waals surface area contributed by atoms with Gasteiger partial charge in [-0.1, -0.05) is 44.4 Å². The summed E-state index contributed by atoms with van der Waals surface area (Å²) in [6, 6.07) is 8.40. The lowest BCUT2D eigenvalue weighted by Gasteiger charge is -2.10. The first-order valence-corrected chi connectivity index (χ1v) is 8.28. The van der Waals surface area contributed by atoms with Gasteiger partial charge in [0.2, 0.25) is 0 Å². The predicted octanol–water partition coefficient (Wildman–Crippen LogP) is 3.75. The van der Waals surface area contributed by atoms with Crippen molar-refractivity contribution in [1.82, 2.24) is 15.6 Å². The van der Waals surface area contributed by atoms with Crippen LogP contribution >= 0.6 is 12.2 Å². The van der Waals surface area contributed by atoms with Crippen molar-refractivity contribution in [2.75, 3.05) is 13.1 Å². The molecule has 0 aliphatic carbocycles. The first-order valence-electron chi connectivity index (χ1n) is 7.88. The summed E-state index contributed by atoms with van der Waals surface area (Å²) in [5, 5.41) is 8.63. The Balaban J connectivity index is 1.66. The zero-order valence-electron chi connectivity index (χ0n) is 12.7. The van der Waals surface area contributed by atoms with Crippen molar-refractivity contribution in [2.24, 2.45) is 0 Å². The van der Waals surface area contributed by atoms with E-state index < -0.39 is 0 Å². The van der Waals surface area contributed by atoms with Crippen LogP contribution in [0.2, 0.25) is 0 Å². The standard InChI is InChI=1S/C17H25N3S/c1-2-3-4-7-11-18-17(21)19-12-10-14-13-20-16-9-6-5-8-15(14)16/h5-6,8-9,13,20H,2-4,7,10-12H2,1H3,(H2,18,19,21). The van der Waals surface area contributed by atoms with Gasteiger partial charge in [-0.25, -0.2) is 0 Å². The Morgan fingerprint density at radius 3 is 2.76 bits per heavy atom. The summed E-state index contributed by atoms with van der Waals surface area (Å²) < 4.78 is 0. The fraction of sp³-hybridized carbons (Fsp3) is 0.471. The number of rotatable bonds is 8. The second-order valence-corrected chi connectivity index (χ2v) is 5.76. The highest BCUT2D eigenvalue weighted by Crippen LogP contribution is 2.17. The Hall–Kier alpha value is -1.55. The van der Waals surface area contributed by atoms with E-state index in [1.54, 1.807) is 0 Å². The van der Waals surface area contributed by atoms with Gasteiger partial charge in [0.05, 0.1) is 0 Å². The van der Waals surface area contributed by atoms with Gasteiger partial charge in [0, 0.05) is 30.2 Å². The van der Waals surface area contributed by atoms with Crippen LogP contribution in [0.5, 0.6) is 0 Å². The van der Waals surface area contributed by atoms with E-state index in [4.69, 9.17) is 12.2 Å². The Labute approximate surface area is 132 Å². The molecular weight excluding hydrogens is 278 g/mol. The minimum absolute atomic E-state index is 0.770. The molecule has 0 atom stereocenters. The fourth-order valence-electron chi connectivity index (χ4n) is 2.47. The van der Waals surface area contributed by atoms with E-state index in [0.717, 1.165) is 24.6 Å². The zero-order chi connectivity index (χ0) is 14.9. The predicted molar refractivity (Wildman–Crippen MR) is 94.7 cm³/mol. The molecule has 21 heavy (non-hydrogen) atoms. The van der Waals surface area contributed by atoms with Crippen LogP contribution in [0.15, 0.2) is 30.5 Å². The van der Waals surface area contributed by atoms with Gasteiger partial charge in [0.25, 0.3) is 0 Å². The maximum Gasteiger partial charge on any atom is 0.166 e. The van der Waals surface area contributed by atoms with Gasteiger partial charge in [-0.3, -0.25) is 0 Å². The SMILES string of the molecule is CCCCCCNC(=S)NCCc1c[nH]c2ccccc12. The van der Waals surface area contributed by atoms with E-state index in [9.17, 15) is 0 Å². The summed E-state index contributed by atoms with van der Waals surface area (Å²) in [6.07, 6.45) is 8.12. The maximum absolute atomic E-state index is 5.29. The largest absolute Gasteiger partial charge is 0.363 e. The van der Waals surface area contributed by atoms with Crippen LogP contribution in [-0.4, -0.2) is 23.2 Å². The number of para-hydroxylation sites is 1. The highest BCUT2D eigenvalue weighted by atomic mass is 32.1. The van der Waals surface area contributed by atoms with Crippen LogP contribution in [0.25, 0.3) is 10.9 Å². The normalized spacial score (nSPS) is 10.7. The second-order valence-electron chi connectivity index (χ2n) is 5.35. The lowest BCUT2D eigenvalue weighted by atomic mass is 10.1. The lowest BCUT2D eigenvalue weighted by molar-refractivity contribution is 0.650. The molecule has 0 saturated heterocycles. The number of benzene rings is 1.